The zero-order chi connectivity index (χ0) is 53.5. The maximum absolute atomic E-state index is 13.0. The molecule has 0 fully saturated rings. The first-order chi connectivity index (χ1) is 32.1. The van der Waals surface area contributed by atoms with Gasteiger partial charge in [0.25, 0.3) is 0 Å². The molecule has 0 amide bonds. The fraction of sp³-hybridized carbons (Fsp3) is 0.525. The largest absolute Gasteiger partial charge is 0.491 e. The van der Waals surface area contributed by atoms with Gasteiger partial charge in [-0.05, 0) is 176 Å². The molecule has 1 heterocycles. The van der Waals surface area contributed by atoms with Crippen molar-refractivity contribution < 1.29 is 14.2 Å². The van der Waals surface area contributed by atoms with Crippen molar-refractivity contribution in [1.82, 2.24) is 4.98 Å². The van der Waals surface area contributed by atoms with Gasteiger partial charge in [-0.25, -0.2) is 4.39 Å². The molecular weight excluding hydrogens is 939 g/mol. The summed E-state index contributed by atoms with van der Waals surface area (Å²) in [4.78, 5) is 3.86. The van der Waals surface area contributed by atoms with Gasteiger partial charge < -0.3 is 9.84 Å². The van der Waals surface area contributed by atoms with Gasteiger partial charge in [-0.15, -0.1) is 0 Å². The lowest BCUT2D eigenvalue weighted by atomic mass is 9.91. The SMILES string of the molecule is CC(C)c1c(Cl)cncc1Cl.CC(C)c1c(F)cccc1Cl.CCC(CC)C(C)C.Cc1cc(CO)cc(C)c1C(C)C.Cc1cc(OC(C)C)cc(C)c1C(C)C.Cc1cccc(Cl)c1C(C)C. The van der Waals surface area contributed by atoms with Gasteiger partial charge in [0, 0.05) is 28.0 Å². The first-order valence-corrected chi connectivity index (χ1v) is 26.5. The van der Waals surface area contributed by atoms with Crippen LogP contribution in [0.2, 0.25) is 20.1 Å². The molecule has 69 heavy (non-hydrogen) atoms. The maximum Gasteiger partial charge on any atom is 0.128 e. The molecule has 1 aromatic heterocycles. The zero-order valence-corrected chi connectivity index (χ0v) is 49.4. The molecular formula is C61H90Cl4FNO2. The highest BCUT2D eigenvalue weighted by atomic mass is 35.5. The van der Waals surface area contributed by atoms with E-state index in [1.165, 1.54) is 63.4 Å². The summed E-state index contributed by atoms with van der Waals surface area (Å²) in [5.74, 6) is 4.76. The number of halogens is 5. The van der Waals surface area contributed by atoms with Crippen molar-refractivity contribution >= 4 is 46.4 Å². The van der Waals surface area contributed by atoms with E-state index in [1.54, 1.807) is 24.5 Å². The number of benzene rings is 4. The van der Waals surface area contributed by atoms with Crippen LogP contribution in [0.5, 0.6) is 5.75 Å². The minimum Gasteiger partial charge on any atom is -0.491 e. The number of pyridine rings is 1. The second-order valence-corrected chi connectivity index (χ2v) is 21.8. The van der Waals surface area contributed by atoms with Crippen LogP contribution >= 0.6 is 46.4 Å². The van der Waals surface area contributed by atoms with E-state index < -0.39 is 0 Å². The highest BCUT2D eigenvalue weighted by Crippen LogP contribution is 2.31. The monoisotopic (exact) mass is 1030 g/mol. The third-order valence-corrected chi connectivity index (χ3v) is 13.1. The van der Waals surface area contributed by atoms with Crippen molar-refractivity contribution in [3.05, 3.63) is 160 Å². The van der Waals surface area contributed by atoms with Crippen molar-refractivity contribution in [2.45, 2.75) is 201 Å². The minimum atomic E-state index is -0.215. The molecule has 0 saturated carbocycles. The third kappa shape index (κ3) is 23.3. The number of ether oxygens (including phenoxy) is 1. The summed E-state index contributed by atoms with van der Waals surface area (Å²) in [6, 6.07) is 19.2. The molecule has 0 spiro atoms. The molecule has 0 aliphatic carbocycles. The topological polar surface area (TPSA) is 42.4 Å². The van der Waals surface area contributed by atoms with Crippen LogP contribution in [-0.4, -0.2) is 16.2 Å². The van der Waals surface area contributed by atoms with E-state index in [0.29, 0.717) is 44.3 Å². The number of rotatable bonds is 11. The normalized spacial score (nSPS) is 10.9. The number of aliphatic hydroxyl groups is 1. The van der Waals surface area contributed by atoms with Crippen molar-refractivity contribution in [2.24, 2.45) is 11.8 Å². The Labute approximate surface area is 441 Å². The molecule has 0 bridgehead atoms. The summed E-state index contributed by atoms with van der Waals surface area (Å²) in [6.07, 6.45) is 6.15. The molecule has 5 rings (SSSR count). The molecule has 0 unspecified atom stereocenters. The molecule has 3 nitrogen and oxygen atoms in total. The third-order valence-electron chi connectivity index (χ3n) is 11.8. The molecule has 0 saturated heterocycles. The Bertz CT molecular complexity index is 2000. The summed E-state index contributed by atoms with van der Waals surface area (Å²) in [5.41, 5.74) is 13.3. The maximum atomic E-state index is 13.0. The summed E-state index contributed by atoms with van der Waals surface area (Å²) >= 11 is 23.6. The number of hydrogen-bond donors (Lipinski definition) is 1. The summed E-state index contributed by atoms with van der Waals surface area (Å²) in [6.45, 7) is 45.2. The highest BCUT2D eigenvalue weighted by Gasteiger charge is 2.13. The van der Waals surface area contributed by atoms with Crippen LogP contribution in [0.1, 0.15) is 214 Å². The summed E-state index contributed by atoms with van der Waals surface area (Å²) in [7, 11) is 0. The molecule has 8 heteroatoms. The molecule has 1 N–H and O–H groups in total. The summed E-state index contributed by atoms with van der Waals surface area (Å²) < 4.78 is 18.7. The van der Waals surface area contributed by atoms with Crippen molar-refractivity contribution in [3.63, 3.8) is 0 Å². The first-order valence-electron chi connectivity index (χ1n) is 25.0. The molecule has 5 aromatic rings. The van der Waals surface area contributed by atoms with Crippen LogP contribution in [0.25, 0.3) is 0 Å². The first kappa shape index (κ1) is 65.9. The lowest BCUT2D eigenvalue weighted by Crippen LogP contribution is -2.07. The number of hydrogen-bond acceptors (Lipinski definition) is 3. The van der Waals surface area contributed by atoms with Gasteiger partial charge in [-0.3, -0.25) is 4.98 Å². The lowest BCUT2D eigenvalue weighted by molar-refractivity contribution is 0.242. The quantitative estimate of drug-likeness (QED) is 0.143. The average molecular weight is 1030 g/mol. The predicted molar refractivity (Wildman–Crippen MR) is 305 cm³/mol. The Morgan fingerprint density at radius 3 is 1.13 bits per heavy atom. The van der Waals surface area contributed by atoms with Gasteiger partial charge >= 0.3 is 0 Å². The molecule has 0 radical (unpaired) electrons. The van der Waals surface area contributed by atoms with Crippen molar-refractivity contribution in [3.8, 4) is 5.75 Å². The average Bonchev–Trinajstić information content (AvgIpc) is 3.21. The zero-order valence-electron chi connectivity index (χ0n) is 46.4. The smallest absolute Gasteiger partial charge is 0.128 e. The Kier molecular flexibility index (Phi) is 32.0. The molecule has 0 aliphatic heterocycles. The fourth-order valence-corrected chi connectivity index (χ4v) is 10.5. The van der Waals surface area contributed by atoms with E-state index in [-0.39, 0.29) is 24.4 Å². The minimum absolute atomic E-state index is 0.139. The van der Waals surface area contributed by atoms with Crippen LogP contribution in [0.15, 0.2) is 73.1 Å². The van der Waals surface area contributed by atoms with Crippen LogP contribution in [-0.2, 0) is 6.61 Å². The fourth-order valence-electron chi connectivity index (χ4n) is 8.89. The standard InChI is InChI=1S/C14H22O.C12H18O.C10H13Cl.C9H10ClF.C8H9Cl2N.C8H18/c1-9(2)14-11(5)7-13(8-12(14)6)15-10(3)4;1-8(2)12-9(3)5-11(7-13)6-10(12)4;1-7(2)10-8(3)5-4-6-9(10)11;1-6(2)9-7(10)4-3-5-8(9)11;1-5(2)8-6(9)3-11-4-7(8)10;1-5-8(6-2)7(3)4/h7-10H,1-6H3;5-6,8,13H,7H2,1-4H3;4-7H,1-3H3;3-6H,1-2H3;3-5H,1-2H3;7-8H,5-6H2,1-4H3. The number of aromatic nitrogens is 1. The summed E-state index contributed by atoms with van der Waals surface area (Å²) in [5, 5.41) is 11.7. The van der Waals surface area contributed by atoms with Crippen LogP contribution in [0.3, 0.4) is 0 Å². The number of aliphatic hydroxyl groups excluding tert-OH is 1. The van der Waals surface area contributed by atoms with Crippen LogP contribution in [0, 0.1) is 52.3 Å². The Morgan fingerprint density at radius 2 is 0.870 bits per heavy atom. The lowest BCUT2D eigenvalue weighted by Gasteiger charge is -2.17. The predicted octanol–water partition coefficient (Wildman–Crippen LogP) is 21.1. The second kappa shape index (κ2) is 33.5. The number of aryl methyl sites for hydroxylation is 5. The van der Waals surface area contributed by atoms with Crippen LogP contribution < -0.4 is 4.74 Å². The van der Waals surface area contributed by atoms with E-state index in [0.717, 1.165) is 33.7 Å². The van der Waals surface area contributed by atoms with E-state index in [4.69, 9.17) is 56.2 Å². The van der Waals surface area contributed by atoms with Crippen molar-refractivity contribution in [1.29, 1.82) is 0 Å². The Balaban J connectivity index is 0.000000812. The molecule has 0 aliphatic rings. The molecule has 0 atom stereocenters. The Morgan fingerprint density at radius 1 is 0.493 bits per heavy atom. The van der Waals surface area contributed by atoms with E-state index in [9.17, 15) is 4.39 Å². The van der Waals surface area contributed by atoms with E-state index >= 15 is 0 Å². The second-order valence-electron chi connectivity index (χ2n) is 20.2. The van der Waals surface area contributed by atoms with E-state index in [1.807, 2.05) is 39.8 Å². The van der Waals surface area contributed by atoms with Gasteiger partial charge in [0.15, 0.2) is 0 Å². The van der Waals surface area contributed by atoms with Gasteiger partial charge in [0.1, 0.15) is 11.6 Å². The van der Waals surface area contributed by atoms with Crippen LogP contribution in [0.4, 0.5) is 4.39 Å². The highest BCUT2D eigenvalue weighted by molar-refractivity contribution is 6.35. The van der Waals surface area contributed by atoms with Crippen molar-refractivity contribution in [2.75, 3.05) is 0 Å². The van der Waals surface area contributed by atoms with Gasteiger partial charge in [-0.2, -0.15) is 0 Å². The number of nitrogens with zero attached hydrogens (tertiary/aromatic N) is 1. The molecule has 386 valence electrons. The van der Waals surface area contributed by atoms with Gasteiger partial charge in [-0.1, -0.05) is 187 Å². The van der Waals surface area contributed by atoms with E-state index in [2.05, 4.69) is 153 Å². The Hall–Kier alpha value is -3.12. The van der Waals surface area contributed by atoms with Gasteiger partial charge in [0.05, 0.1) is 22.8 Å². The molecule has 4 aromatic carbocycles. The van der Waals surface area contributed by atoms with Gasteiger partial charge in [0.2, 0.25) is 0 Å².